The van der Waals surface area contributed by atoms with Crippen molar-refractivity contribution in [2.24, 2.45) is 5.10 Å². The minimum Gasteiger partial charge on any atom is -0.265 e. The lowest BCUT2D eigenvalue weighted by Gasteiger charge is -2.01. The number of nitrogens with one attached hydrogen (secondary N) is 1. The summed E-state index contributed by atoms with van der Waals surface area (Å²) in [6, 6.07) is 11.1. The number of rotatable bonds is 3. The van der Waals surface area contributed by atoms with E-state index in [2.05, 4.69) is 20.3 Å². The minimum atomic E-state index is 0.408. The molecule has 0 fully saturated rings. The number of aromatic nitrogens is 4. The normalized spacial score (nSPS) is 11.1. The van der Waals surface area contributed by atoms with E-state index in [0.717, 1.165) is 11.1 Å². The van der Waals surface area contributed by atoms with Crippen molar-refractivity contribution in [2.75, 3.05) is 0 Å². The van der Waals surface area contributed by atoms with Crippen LogP contribution in [0, 0.1) is 4.77 Å². The molecule has 0 aliphatic carbocycles. The van der Waals surface area contributed by atoms with E-state index in [1.165, 1.54) is 0 Å². The Balaban J connectivity index is 2.02. The van der Waals surface area contributed by atoms with Crippen LogP contribution in [-0.2, 0) is 0 Å². The van der Waals surface area contributed by atoms with Crippen molar-refractivity contribution >= 4 is 30.0 Å². The zero-order valence-corrected chi connectivity index (χ0v) is 12.3. The molecule has 0 amide bonds. The van der Waals surface area contributed by atoms with Gasteiger partial charge in [-0.15, -0.1) is 0 Å². The molecule has 2 aromatic heterocycles. The predicted molar refractivity (Wildman–Crippen MR) is 85.1 cm³/mol. The first-order chi connectivity index (χ1) is 10.3. The Bertz CT molecular complexity index is 838. The summed E-state index contributed by atoms with van der Waals surface area (Å²) in [4.78, 5) is 3.98. The highest BCUT2D eigenvalue weighted by Crippen LogP contribution is 2.16. The first kappa shape index (κ1) is 13.7. The van der Waals surface area contributed by atoms with Gasteiger partial charge in [-0.1, -0.05) is 29.8 Å². The molecule has 2 heterocycles. The molecule has 0 aliphatic heterocycles. The van der Waals surface area contributed by atoms with E-state index in [9.17, 15) is 0 Å². The molecule has 21 heavy (non-hydrogen) atoms. The van der Waals surface area contributed by atoms with Gasteiger partial charge in [-0.2, -0.15) is 14.9 Å². The second-order valence-corrected chi connectivity index (χ2v) is 4.96. The standard InChI is InChI=1S/C14H10ClN5S/c15-12-4-2-1-3-11(12)9-17-20-13(18-19-14(20)21)10-5-7-16-8-6-10/h1-9H,(H,19,21). The zero-order valence-electron chi connectivity index (χ0n) is 10.8. The van der Waals surface area contributed by atoms with Crippen molar-refractivity contribution in [3.63, 3.8) is 0 Å². The molecule has 104 valence electrons. The molecule has 0 radical (unpaired) electrons. The third kappa shape index (κ3) is 2.91. The van der Waals surface area contributed by atoms with Gasteiger partial charge in [0.2, 0.25) is 4.77 Å². The van der Waals surface area contributed by atoms with E-state index in [1.807, 2.05) is 30.3 Å². The molecule has 3 rings (SSSR count). The number of aromatic amines is 1. The molecule has 0 atom stereocenters. The van der Waals surface area contributed by atoms with Crippen molar-refractivity contribution in [2.45, 2.75) is 0 Å². The number of H-pyrrole nitrogens is 1. The van der Waals surface area contributed by atoms with E-state index in [4.69, 9.17) is 23.8 Å². The van der Waals surface area contributed by atoms with E-state index in [-0.39, 0.29) is 0 Å². The molecule has 0 aliphatic rings. The highest BCUT2D eigenvalue weighted by atomic mass is 35.5. The van der Waals surface area contributed by atoms with Crippen LogP contribution in [0.5, 0.6) is 0 Å². The Labute approximate surface area is 130 Å². The van der Waals surface area contributed by atoms with Crippen molar-refractivity contribution in [1.82, 2.24) is 19.9 Å². The van der Waals surface area contributed by atoms with E-state index >= 15 is 0 Å². The summed E-state index contributed by atoms with van der Waals surface area (Å²) in [5, 5.41) is 11.9. The first-order valence-corrected chi connectivity index (χ1v) is 6.91. The number of hydrogen-bond acceptors (Lipinski definition) is 4. The van der Waals surface area contributed by atoms with Crippen LogP contribution in [0.1, 0.15) is 5.56 Å². The fourth-order valence-electron chi connectivity index (χ4n) is 1.79. The fraction of sp³-hybridized carbons (Fsp3) is 0. The van der Waals surface area contributed by atoms with Crippen molar-refractivity contribution in [3.8, 4) is 11.4 Å². The van der Waals surface area contributed by atoms with Gasteiger partial charge in [-0.05, 0) is 30.4 Å². The monoisotopic (exact) mass is 315 g/mol. The molecule has 0 spiro atoms. The van der Waals surface area contributed by atoms with Crippen LogP contribution in [0.25, 0.3) is 11.4 Å². The highest BCUT2D eigenvalue weighted by molar-refractivity contribution is 7.71. The smallest absolute Gasteiger partial charge is 0.216 e. The zero-order chi connectivity index (χ0) is 14.7. The summed E-state index contributed by atoms with van der Waals surface area (Å²) in [7, 11) is 0. The number of benzene rings is 1. The molecular formula is C14H10ClN5S. The summed E-state index contributed by atoms with van der Waals surface area (Å²) in [6.07, 6.45) is 5.03. The lowest BCUT2D eigenvalue weighted by molar-refractivity contribution is 0.871. The summed E-state index contributed by atoms with van der Waals surface area (Å²) in [5.74, 6) is 0.616. The highest BCUT2D eigenvalue weighted by Gasteiger charge is 2.07. The SMILES string of the molecule is S=c1[nH]nc(-c2ccncc2)n1N=Cc1ccccc1Cl. The van der Waals surface area contributed by atoms with Crippen molar-refractivity contribution < 1.29 is 0 Å². The lowest BCUT2D eigenvalue weighted by Crippen LogP contribution is -1.95. The van der Waals surface area contributed by atoms with Crippen LogP contribution in [0.15, 0.2) is 53.9 Å². The van der Waals surface area contributed by atoms with Crippen LogP contribution in [0.4, 0.5) is 0 Å². The van der Waals surface area contributed by atoms with Crippen molar-refractivity contribution in [3.05, 3.63) is 64.1 Å². The maximum absolute atomic E-state index is 6.10. The lowest BCUT2D eigenvalue weighted by atomic mass is 10.2. The van der Waals surface area contributed by atoms with Crippen molar-refractivity contribution in [1.29, 1.82) is 0 Å². The molecule has 0 saturated heterocycles. The van der Waals surface area contributed by atoms with Gasteiger partial charge in [-0.3, -0.25) is 4.98 Å². The van der Waals surface area contributed by atoms with Crippen LogP contribution in [-0.4, -0.2) is 26.1 Å². The Morgan fingerprint density at radius 3 is 2.71 bits per heavy atom. The van der Waals surface area contributed by atoms with Crippen LogP contribution < -0.4 is 0 Å². The second kappa shape index (κ2) is 5.99. The molecule has 7 heteroatoms. The first-order valence-electron chi connectivity index (χ1n) is 6.12. The number of pyridine rings is 1. The average molecular weight is 316 g/mol. The molecule has 5 nitrogen and oxygen atoms in total. The maximum Gasteiger partial charge on any atom is 0.216 e. The minimum absolute atomic E-state index is 0.408. The number of hydrogen-bond donors (Lipinski definition) is 1. The van der Waals surface area contributed by atoms with E-state index < -0.39 is 0 Å². The largest absolute Gasteiger partial charge is 0.265 e. The summed E-state index contributed by atoms with van der Waals surface area (Å²) in [5.41, 5.74) is 1.68. The summed E-state index contributed by atoms with van der Waals surface area (Å²) in [6.45, 7) is 0. The van der Waals surface area contributed by atoms with E-state index in [0.29, 0.717) is 15.6 Å². The van der Waals surface area contributed by atoms with Gasteiger partial charge >= 0.3 is 0 Å². The third-order valence-electron chi connectivity index (χ3n) is 2.81. The Hall–Kier alpha value is -2.31. The van der Waals surface area contributed by atoms with Gasteiger partial charge in [0, 0.05) is 28.5 Å². The number of nitrogens with zero attached hydrogens (tertiary/aromatic N) is 4. The Morgan fingerprint density at radius 2 is 1.95 bits per heavy atom. The molecule has 0 unspecified atom stereocenters. The van der Waals surface area contributed by atoms with Crippen LogP contribution in [0.2, 0.25) is 5.02 Å². The topological polar surface area (TPSA) is 58.9 Å². The number of halogens is 1. The van der Waals surface area contributed by atoms with Gasteiger partial charge < -0.3 is 0 Å². The molecule has 0 bridgehead atoms. The molecular weight excluding hydrogens is 306 g/mol. The summed E-state index contributed by atoms with van der Waals surface area (Å²) >= 11 is 11.3. The molecule has 0 saturated carbocycles. The summed E-state index contributed by atoms with van der Waals surface area (Å²) < 4.78 is 1.96. The predicted octanol–water partition coefficient (Wildman–Crippen LogP) is 3.54. The molecule has 1 N–H and O–H groups in total. The third-order valence-corrected chi connectivity index (χ3v) is 3.41. The second-order valence-electron chi connectivity index (χ2n) is 4.17. The van der Waals surface area contributed by atoms with Crippen LogP contribution in [0.3, 0.4) is 0 Å². The quantitative estimate of drug-likeness (QED) is 0.594. The van der Waals surface area contributed by atoms with Gasteiger partial charge in [0.25, 0.3) is 0 Å². The van der Waals surface area contributed by atoms with Gasteiger partial charge in [0.05, 0.1) is 6.21 Å². The Morgan fingerprint density at radius 1 is 1.19 bits per heavy atom. The Kier molecular flexibility index (Phi) is 3.89. The maximum atomic E-state index is 6.10. The van der Waals surface area contributed by atoms with Gasteiger partial charge in [0.15, 0.2) is 5.82 Å². The van der Waals surface area contributed by atoms with Gasteiger partial charge in [0.1, 0.15) is 0 Å². The average Bonchev–Trinajstić information content (AvgIpc) is 2.88. The molecule has 3 aromatic rings. The van der Waals surface area contributed by atoms with Crippen LogP contribution >= 0.6 is 23.8 Å². The van der Waals surface area contributed by atoms with E-state index in [1.54, 1.807) is 29.4 Å². The molecule has 1 aromatic carbocycles. The fourth-order valence-corrected chi connectivity index (χ4v) is 2.15. The van der Waals surface area contributed by atoms with Gasteiger partial charge in [-0.25, -0.2) is 5.10 Å².